The van der Waals surface area contributed by atoms with Crippen molar-refractivity contribution in [3.05, 3.63) is 52.6 Å². The summed E-state index contributed by atoms with van der Waals surface area (Å²) in [7, 11) is 1.32. The number of rotatable bonds is 8. The van der Waals surface area contributed by atoms with Gasteiger partial charge in [0, 0.05) is 11.6 Å². The maximum atomic E-state index is 12.8. The van der Waals surface area contributed by atoms with Crippen molar-refractivity contribution < 1.29 is 28.6 Å². The van der Waals surface area contributed by atoms with E-state index in [0.717, 1.165) is 17.3 Å². The number of amides is 1. The summed E-state index contributed by atoms with van der Waals surface area (Å²) in [6, 6.07) is 9.20. The molecule has 1 N–H and O–H groups in total. The summed E-state index contributed by atoms with van der Waals surface area (Å²) in [5, 5.41) is 9.53. The Morgan fingerprint density at radius 2 is 2.00 bits per heavy atom. The average molecular weight is 478 g/mol. The molecule has 31 heavy (non-hydrogen) atoms. The topological polar surface area (TPSA) is 97.0 Å². The first-order valence-corrected chi connectivity index (χ1v) is 11.7. The van der Waals surface area contributed by atoms with E-state index in [-0.39, 0.29) is 4.32 Å². The van der Waals surface area contributed by atoms with Crippen LogP contribution in [0.5, 0.6) is 0 Å². The number of carbonyl (C=O) groups is 3. The molecular formula is C21H19NO6S3. The third-order valence-corrected chi connectivity index (χ3v) is 6.48. The van der Waals surface area contributed by atoms with E-state index in [1.54, 1.807) is 42.5 Å². The van der Waals surface area contributed by atoms with E-state index >= 15 is 0 Å². The van der Waals surface area contributed by atoms with Crippen molar-refractivity contribution in [1.29, 1.82) is 0 Å². The van der Waals surface area contributed by atoms with Gasteiger partial charge in [-0.05, 0) is 42.7 Å². The first-order chi connectivity index (χ1) is 14.8. The zero-order valence-corrected chi connectivity index (χ0v) is 19.1. The van der Waals surface area contributed by atoms with Gasteiger partial charge in [-0.3, -0.25) is 9.69 Å². The first-order valence-electron chi connectivity index (χ1n) is 9.13. The first kappa shape index (κ1) is 23.1. The predicted molar refractivity (Wildman–Crippen MR) is 125 cm³/mol. The van der Waals surface area contributed by atoms with Gasteiger partial charge in [-0.2, -0.15) is 11.8 Å². The van der Waals surface area contributed by atoms with E-state index in [4.69, 9.17) is 16.6 Å². The zero-order chi connectivity index (χ0) is 22.5. The van der Waals surface area contributed by atoms with Crippen molar-refractivity contribution in [2.45, 2.75) is 12.5 Å². The smallest absolute Gasteiger partial charge is 0.337 e. The fraction of sp³-hybridized carbons (Fsp3) is 0.238. The lowest BCUT2D eigenvalue weighted by atomic mass is 10.1. The number of thiocarbonyl (C=S) groups is 1. The number of nitrogens with zero attached hydrogens (tertiary/aromatic N) is 1. The van der Waals surface area contributed by atoms with E-state index in [9.17, 15) is 19.5 Å². The minimum absolute atomic E-state index is 0.218. The summed E-state index contributed by atoms with van der Waals surface area (Å²) in [5.74, 6) is -0.356. The Bertz CT molecular complexity index is 1040. The van der Waals surface area contributed by atoms with Crippen molar-refractivity contribution in [2.24, 2.45) is 0 Å². The highest BCUT2D eigenvalue weighted by molar-refractivity contribution is 8.26. The van der Waals surface area contributed by atoms with Crippen LogP contribution in [0.3, 0.4) is 0 Å². The second-order valence-electron chi connectivity index (χ2n) is 6.46. The highest BCUT2D eigenvalue weighted by Crippen LogP contribution is 2.35. The lowest BCUT2D eigenvalue weighted by molar-refractivity contribution is -0.145. The summed E-state index contributed by atoms with van der Waals surface area (Å²) in [5.41, 5.74) is 1.18. The minimum atomic E-state index is -1.08. The average Bonchev–Trinajstić information content (AvgIpc) is 3.33. The van der Waals surface area contributed by atoms with Gasteiger partial charge in [0.1, 0.15) is 21.9 Å². The number of aliphatic carboxylic acids is 1. The number of hydrogen-bond acceptors (Lipinski definition) is 8. The number of ether oxygens (including phenoxy) is 1. The van der Waals surface area contributed by atoms with Crippen LogP contribution in [0.25, 0.3) is 17.4 Å². The van der Waals surface area contributed by atoms with Crippen molar-refractivity contribution in [2.75, 3.05) is 19.1 Å². The highest BCUT2D eigenvalue weighted by Gasteiger charge is 2.40. The lowest BCUT2D eigenvalue weighted by Gasteiger charge is -2.22. The van der Waals surface area contributed by atoms with Gasteiger partial charge in [0.2, 0.25) is 0 Å². The standard InChI is InChI=1S/C21H19NO6S3/c1-27-20(26)13-5-3-12(4-6-13)16-8-7-14(28-16)11-17-18(23)22(21(29)31-17)15(19(24)25)9-10-30-2/h3-8,11,15H,9-10H2,1-2H3,(H,24,25)/b17-11-. The van der Waals surface area contributed by atoms with E-state index < -0.39 is 23.9 Å². The number of hydrogen-bond donors (Lipinski definition) is 1. The molecular weight excluding hydrogens is 458 g/mol. The SMILES string of the molecule is COC(=O)c1ccc(-c2ccc(/C=C3\SC(=S)N(C(CCSC)C(=O)O)C3=O)o2)cc1. The number of esters is 1. The molecule has 0 saturated carbocycles. The van der Waals surface area contributed by atoms with Gasteiger partial charge >= 0.3 is 11.9 Å². The largest absolute Gasteiger partial charge is 0.480 e. The molecule has 1 amide bonds. The Morgan fingerprint density at radius 3 is 2.61 bits per heavy atom. The van der Waals surface area contributed by atoms with Crippen molar-refractivity contribution >= 4 is 64.0 Å². The van der Waals surface area contributed by atoms with Gasteiger partial charge < -0.3 is 14.3 Å². The molecule has 1 saturated heterocycles. The summed E-state index contributed by atoms with van der Waals surface area (Å²) >= 11 is 7.84. The van der Waals surface area contributed by atoms with E-state index in [0.29, 0.717) is 34.2 Å². The zero-order valence-electron chi connectivity index (χ0n) is 16.7. The van der Waals surface area contributed by atoms with Crippen LogP contribution in [-0.2, 0) is 14.3 Å². The van der Waals surface area contributed by atoms with E-state index in [1.807, 2.05) is 6.26 Å². The monoisotopic (exact) mass is 477 g/mol. The summed E-state index contributed by atoms with van der Waals surface area (Å²) in [4.78, 5) is 37.5. The molecule has 1 aliphatic rings. The molecule has 0 radical (unpaired) electrons. The Balaban J connectivity index is 1.79. The van der Waals surface area contributed by atoms with Gasteiger partial charge in [0.05, 0.1) is 17.6 Å². The number of thioether (sulfide) groups is 2. The van der Waals surface area contributed by atoms with Crippen molar-refractivity contribution in [3.63, 3.8) is 0 Å². The molecule has 3 rings (SSSR count). The van der Waals surface area contributed by atoms with Crippen molar-refractivity contribution in [1.82, 2.24) is 4.90 Å². The number of carboxylic acids is 1. The number of carbonyl (C=O) groups excluding carboxylic acids is 2. The lowest BCUT2D eigenvalue weighted by Crippen LogP contribution is -2.44. The van der Waals surface area contributed by atoms with Gasteiger partial charge in [0.15, 0.2) is 0 Å². The van der Waals surface area contributed by atoms with Crippen LogP contribution in [0.4, 0.5) is 0 Å². The van der Waals surface area contributed by atoms with E-state index in [2.05, 4.69) is 4.74 Å². The molecule has 1 fully saturated rings. The van der Waals surface area contributed by atoms with E-state index in [1.165, 1.54) is 23.8 Å². The molecule has 1 aromatic heterocycles. The van der Waals surface area contributed by atoms with Crippen LogP contribution in [0.15, 0.2) is 45.7 Å². The minimum Gasteiger partial charge on any atom is -0.480 e. The molecule has 1 unspecified atom stereocenters. The van der Waals surface area contributed by atoms with Gasteiger partial charge in [-0.25, -0.2) is 9.59 Å². The van der Waals surface area contributed by atoms with Crippen LogP contribution < -0.4 is 0 Å². The number of methoxy groups -OCH3 is 1. The number of benzene rings is 1. The summed E-state index contributed by atoms with van der Waals surface area (Å²) in [6.07, 6.45) is 3.74. The fourth-order valence-corrected chi connectivity index (χ4v) is 4.74. The van der Waals surface area contributed by atoms with Gasteiger partial charge in [-0.1, -0.05) is 36.1 Å². The third kappa shape index (κ3) is 5.20. The fourth-order valence-electron chi connectivity index (χ4n) is 2.94. The number of carboxylic acid groups (broad SMARTS) is 1. The van der Waals surface area contributed by atoms with Crippen LogP contribution in [-0.4, -0.2) is 57.3 Å². The normalized spacial score (nSPS) is 16.1. The molecule has 0 bridgehead atoms. The molecule has 1 aliphatic heterocycles. The van der Waals surface area contributed by atoms with Gasteiger partial charge in [-0.15, -0.1) is 0 Å². The molecule has 10 heteroatoms. The Hall–Kier alpha value is -2.56. The Morgan fingerprint density at radius 1 is 1.29 bits per heavy atom. The molecule has 162 valence electrons. The van der Waals surface area contributed by atoms with Gasteiger partial charge in [0.25, 0.3) is 5.91 Å². The quantitative estimate of drug-likeness (QED) is 0.342. The van der Waals surface area contributed by atoms with Crippen LogP contribution in [0.2, 0.25) is 0 Å². The summed E-state index contributed by atoms with van der Waals surface area (Å²) in [6.45, 7) is 0. The second kappa shape index (κ2) is 10.2. The molecule has 1 aromatic carbocycles. The molecule has 0 aliphatic carbocycles. The maximum absolute atomic E-state index is 12.8. The van der Waals surface area contributed by atoms with Crippen molar-refractivity contribution in [3.8, 4) is 11.3 Å². The number of furan rings is 1. The Labute approximate surface area is 192 Å². The molecule has 7 nitrogen and oxygen atoms in total. The summed E-state index contributed by atoms with van der Waals surface area (Å²) < 4.78 is 10.7. The van der Waals surface area contributed by atoms with Crippen LogP contribution in [0.1, 0.15) is 22.5 Å². The molecule has 1 atom stereocenters. The predicted octanol–water partition coefficient (Wildman–Crippen LogP) is 4.14. The maximum Gasteiger partial charge on any atom is 0.337 e. The molecule has 2 heterocycles. The second-order valence-corrected chi connectivity index (χ2v) is 9.12. The van der Waals surface area contributed by atoms with Crippen LogP contribution in [0, 0.1) is 0 Å². The molecule has 2 aromatic rings. The highest BCUT2D eigenvalue weighted by atomic mass is 32.2. The third-order valence-electron chi connectivity index (χ3n) is 4.51. The Kier molecular flexibility index (Phi) is 7.58. The molecule has 0 spiro atoms. The van der Waals surface area contributed by atoms with Crippen LogP contribution >= 0.6 is 35.7 Å².